The van der Waals surface area contributed by atoms with Crippen LogP contribution in [0.4, 0.5) is 0 Å². The molecule has 16 heavy (non-hydrogen) atoms. The maximum atomic E-state index is 11.5. The van der Waals surface area contributed by atoms with E-state index in [0.29, 0.717) is 12.6 Å². The molecule has 1 atom stereocenters. The summed E-state index contributed by atoms with van der Waals surface area (Å²) < 4.78 is 0. The van der Waals surface area contributed by atoms with Crippen molar-refractivity contribution in [1.82, 2.24) is 10.2 Å². The third-order valence-corrected chi connectivity index (χ3v) is 2.95. The second-order valence-electron chi connectivity index (χ2n) is 4.11. The zero-order valence-electron chi connectivity index (χ0n) is 9.61. The molecule has 0 aromatic carbocycles. The molecule has 0 saturated carbocycles. The zero-order chi connectivity index (χ0) is 11.8. The molecule has 1 rings (SSSR count). The summed E-state index contributed by atoms with van der Waals surface area (Å²) in [6.45, 7) is 1.81. The minimum Gasteiger partial charge on any atom is -0.396 e. The second kappa shape index (κ2) is 7.26. The topological polar surface area (TPSA) is 52.6 Å². The molecule has 1 amide bonds. The quantitative estimate of drug-likeness (QED) is 0.645. The number of aliphatic hydroxyl groups excluding tert-OH is 1. The molecular weight excluding hydrogens is 204 g/mol. The third-order valence-electron chi connectivity index (χ3n) is 2.95. The molecule has 0 radical (unpaired) electrons. The molecule has 0 aromatic heterocycles. The van der Waals surface area contributed by atoms with E-state index in [4.69, 9.17) is 11.5 Å². The van der Waals surface area contributed by atoms with Crippen molar-refractivity contribution in [2.45, 2.75) is 31.7 Å². The number of aliphatic hydroxyl groups is 1. The van der Waals surface area contributed by atoms with Crippen molar-refractivity contribution < 1.29 is 9.90 Å². The molecule has 1 aliphatic heterocycles. The van der Waals surface area contributed by atoms with Crippen molar-refractivity contribution in [3.8, 4) is 12.3 Å². The van der Waals surface area contributed by atoms with Crippen LogP contribution >= 0.6 is 0 Å². The van der Waals surface area contributed by atoms with Crippen LogP contribution in [-0.4, -0.2) is 48.2 Å². The van der Waals surface area contributed by atoms with Crippen LogP contribution < -0.4 is 5.32 Å². The molecule has 4 heteroatoms. The predicted molar refractivity (Wildman–Crippen MR) is 62.8 cm³/mol. The van der Waals surface area contributed by atoms with Gasteiger partial charge in [-0.05, 0) is 25.8 Å². The number of terminal acetylenes is 1. The fraction of sp³-hybridized carbons (Fsp3) is 0.750. The Kier molecular flexibility index (Phi) is 5.91. The highest BCUT2D eigenvalue weighted by atomic mass is 16.3. The fourth-order valence-electron chi connectivity index (χ4n) is 2.13. The number of nitrogens with one attached hydrogen (secondary N) is 1. The molecule has 1 aliphatic rings. The molecular formula is C12H20N2O2. The lowest BCUT2D eigenvalue weighted by Gasteiger charge is -2.34. The van der Waals surface area contributed by atoms with E-state index in [1.54, 1.807) is 0 Å². The summed E-state index contributed by atoms with van der Waals surface area (Å²) in [5.41, 5.74) is 0. The van der Waals surface area contributed by atoms with E-state index in [1.165, 1.54) is 6.42 Å². The average Bonchev–Trinajstić information content (AvgIpc) is 2.29. The standard InChI is InChI=1S/C12H20N2O2/c1-2-7-13-12(16)10-14-8-4-3-5-11(14)6-9-15/h1,11,15H,3-10H2,(H,13,16). The van der Waals surface area contributed by atoms with E-state index >= 15 is 0 Å². The van der Waals surface area contributed by atoms with Gasteiger partial charge in [-0.15, -0.1) is 6.42 Å². The lowest BCUT2D eigenvalue weighted by Crippen LogP contribution is -2.45. The molecule has 90 valence electrons. The number of hydrogen-bond donors (Lipinski definition) is 2. The highest BCUT2D eigenvalue weighted by Gasteiger charge is 2.23. The second-order valence-corrected chi connectivity index (χ2v) is 4.11. The van der Waals surface area contributed by atoms with Crippen LogP contribution in [0, 0.1) is 12.3 Å². The Bertz CT molecular complexity index is 258. The van der Waals surface area contributed by atoms with Gasteiger partial charge in [0.2, 0.25) is 5.91 Å². The predicted octanol–water partition coefficient (Wildman–Crippen LogP) is -0.0273. The number of nitrogens with zero attached hydrogens (tertiary/aromatic N) is 1. The van der Waals surface area contributed by atoms with Crippen molar-refractivity contribution >= 4 is 5.91 Å². The molecule has 1 saturated heterocycles. The molecule has 0 spiro atoms. The van der Waals surface area contributed by atoms with Crippen LogP contribution in [0.5, 0.6) is 0 Å². The van der Waals surface area contributed by atoms with Gasteiger partial charge in [0.05, 0.1) is 13.1 Å². The maximum absolute atomic E-state index is 11.5. The lowest BCUT2D eigenvalue weighted by atomic mass is 10.00. The van der Waals surface area contributed by atoms with E-state index in [9.17, 15) is 4.79 Å². The Balaban J connectivity index is 2.37. The Hall–Kier alpha value is -1.05. The first-order valence-electron chi connectivity index (χ1n) is 5.83. The van der Waals surface area contributed by atoms with Crippen molar-refractivity contribution in [3.05, 3.63) is 0 Å². The van der Waals surface area contributed by atoms with Gasteiger partial charge in [-0.1, -0.05) is 12.3 Å². The van der Waals surface area contributed by atoms with Crippen LogP contribution in [0.1, 0.15) is 25.7 Å². The van der Waals surface area contributed by atoms with Gasteiger partial charge in [0.1, 0.15) is 0 Å². The number of piperidine rings is 1. The first kappa shape index (κ1) is 13.0. The van der Waals surface area contributed by atoms with E-state index < -0.39 is 0 Å². The summed E-state index contributed by atoms with van der Waals surface area (Å²) >= 11 is 0. The van der Waals surface area contributed by atoms with E-state index in [-0.39, 0.29) is 19.1 Å². The van der Waals surface area contributed by atoms with Crippen LogP contribution in [0.25, 0.3) is 0 Å². The first-order valence-corrected chi connectivity index (χ1v) is 5.83. The molecule has 0 aliphatic carbocycles. The van der Waals surface area contributed by atoms with E-state index in [1.807, 2.05) is 0 Å². The van der Waals surface area contributed by atoms with Crippen molar-refractivity contribution in [1.29, 1.82) is 0 Å². The zero-order valence-corrected chi connectivity index (χ0v) is 9.61. The average molecular weight is 224 g/mol. The van der Waals surface area contributed by atoms with Crippen LogP contribution in [0.3, 0.4) is 0 Å². The molecule has 2 N–H and O–H groups in total. The Morgan fingerprint density at radius 1 is 1.56 bits per heavy atom. The van der Waals surface area contributed by atoms with Crippen LogP contribution in [0.2, 0.25) is 0 Å². The van der Waals surface area contributed by atoms with Gasteiger partial charge < -0.3 is 10.4 Å². The Morgan fingerprint density at radius 2 is 2.38 bits per heavy atom. The fourth-order valence-corrected chi connectivity index (χ4v) is 2.13. The summed E-state index contributed by atoms with van der Waals surface area (Å²) in [5.74, 6) is 2.36. The monoisotopic (exact) mass is 224 g/mol. The SMILES string of the molecule is C#CCNC(=O)CN1CCCCC1CCO. The van der Waals surface area contributed by atoms with Crippen molar-refractivity contribution in [2.24, 2.45) is 0 Å². The molecule has 1 fully saturated rings. The lowest BCUT2D eigenvalue weighted by molar-refractivity contribution is -0.123. The molecule has 0 aromatic rings. The molecule has 1 heterocycles. The Morgan fingerprint density at radius 3 is 3.06 bits per heavy atom. The number of likely N-dealkylation sites (tertiary alicyclic amines) is 1. The highest BCUT2D eigenvalue weighted by Crippen LogP contribution is 2.18. The summed E-state index contributed by atoms with van der Waals surface area (Å²) in [7, 11) is 0. The van der Waals surface area contributed by atoms with Gasteiger partial charge >= 0.3 is 0 Å². The normalized spacial score (nSPS) is 21.4. The van der Waals surface area contributed by atoms with Gasteiger partial charge in [-0.25, -0.2) is 0 Å². The van der Waals surface area contributed by atoms with E-state index in [0.717, 1.165) is 25.8 Å². The van der Waals surface area contributed by atoms with Gasteiger partial charge in [0.15, 0.2) is 0 Å². The van der Waals surface area contributed by atoms with Gasteiger partial charge in [-0.2, -0.15) is 0 Å². The van der Waals surface area contributed by atoms with Crippen LogP contribution in [-0.2, 0) is 4.79 Å². The van der Waals surface area contributed by atoms with Crippen LogP contribution in [0.15, 0.2) is 0 Å². The summed E-state index contributed by atoms with van der Waals surface area (Å²) in [6, 6.07) is 0.343. The summed E-state index contributed by atoms with van der Waals surface area (Å²) in [5, 5.41) is 11.6. The minimum atomic E-state index is -0.0252. The number of amides is 1. The summed E-state index contributed by atoms with van der Waals surface area (Å²) in [4.78, 5) is 13.7. The smallest absolute Gasteiger partial charge is 0.234 e. The third kappa shape index (κ3) is 4.21. The highest BCUT2D eigenvalue weighted by molar-refractivity contribution is 5.78. The largest absolute Gasteiger partial charge is 0.396 e. The van der Waals surface area contributed by atoms with Gasteiger partial charge in [0.25, 0.3) is 0 Å². The first-order chi connectivity index (χ1) is 7.77. The number of rotatable bonds is 5. The van der Waals surface area contributed by atoms with Crippen molar-refractivity contribution in [3.63, 3.8) is 0 Å². The number of carbonyl (C=O) groups is 1. The van der Waals surface area contributed by atoms with Gasteiger partial charge in [-0.3, -0.25) is 9.69 Å². The number of hydrogen-bond acceptors (Lipinski definition) is 3. The molecule has 4 nitrogen and oxygen atoms in total. The van der Waals surface area contributed by atoms with E-state index in [2.05, 4.69) is 16.1 Å². The minimum absolute atomic E-state index is 0.0252. The summed E-state index contributed by atoms with van der Waals surface area (Å²) in [6.07, 6.45) is 9.22. The maximum Gasteiger partial charge on any atom is 0.234 e. The van der Waals surface area contributed by atoms with Crippen molar-refractivity contribution in [2.75, 3.05) is 26.2 Å². The Labute approximate surface area is 97.0 Å². The molecule has 1 unspecified atom stereocenters. The molecule has 0 bridgehead atoms. The van der Waals surface area contributed by atoms with Gasteiger partial charge in [0, 0.05) is 12.6 Å². The number of carbonyl (C=O) groups excluding carboxylic acids is 1.